The summed E-state index contributed by atoms with van der Waals surface area (Å²) in [6.07, 6.45) is 2.07. The van der Waals surface area contributed by atoms with Crippen LogP contribution in [0.25, 0.3) is 0 Å². The van der Waals surface area contributed by atoms with Gasteiger partial charge in [0.15, 0.2) is 0 Å². The van der Waals surface area contributed by atoms with Crippen molar-refractivity contribution in [2.24, 2.45) is 0 Å². The lowest BCUT2D eigenvalue weighted by molar-refractivity contribution is 1.42. The fourth-order valence-corrected chi connectivity index (χ4v) is 2.03. The number of para-hydroxylation sites is 1. The van der Waals surface area contributed by atoms with E-state index in [2.05, 4.69) is 35.8 Å². The van der Waals surface area contributed by atoms with Crippen molar-refractivity contribution in [2.75, 3.05) is 17.3 Å². The number of nitrogen functional groups attached to an aromatic ring is 1. The molecule has 88 valence electrons. The predicted molar refractivity (Wildman–Crippen MR) is 77.1 cm³/mol. The number of nitrogens with one attached hydrogen (secondary N) is 1. The van der Waals surface area contributed by atoms with Gasteiger partial charge in [0, 0.05) is 10.6 Å². The maximum atomic E-state index is 6.02. The number of hydrogen-bond acceptors (Lipinski definition) is 3. The lowest BCUT2D eigenvalue weighted by Crippen LogP contribution is -1.97. The SMILES string of the molecule is CSc1ccc(Nc2cccc(C)c2N)cc1. The predicted octanol–water partition coefficient (Wildman–Crippen LogP) is 4.04. The summed E-state index contributed by atoms with van der Waals surface area (Å²) in [6, 6.07) is 14.3. The Hall–Kier alpha value is -1.61. The zero-order valence-corrected chi connectivity index (χ0v) is 10.8. The Labute approximate surface area is 106 Å². The molecular formula is C14H16N2S. The Morgan fingerprint density at radius 1 is 1.06 bits per heavy atom. The highest BCUT2D eigenvalue weighted by atomic mass is 32.2. The molecule has 17 heavy (non-hydrogen) atoms. The number of benzene rings is 2. The molecule has 3 N–H and O–H groups in total. The molecule has 0 aliphatic rings. The normalized spacial score (nSPS) is 10.2. The molecule has 0 heterocycles. The second-order valence-corrected chi connectivity index (χ2v) is 4.77. The van der Waals surface area contributed by atoms with Gasteiger partial charge in [-0.3, -0.25) is 0 Å². The number of aryl methyl sites for hydroxylation is 1. The van der Waals surface area contributed by atoms with Crippen molar-refractivity contribution in [3.05, 3.63) is 48.0 Å². The highest BCUT2D eigenvalue weighted by molar-refractivity contribution is 7.98. The van der Waals surface area contributed by atoms with Crippen molar-refractivity contribution in [1.29, 1.82) is 0 Å². The van der Waals surface area contributed by atoms with Crippen molar-refractivity contribution >= 4 is 28.8 Å². The summed E-state index contributed by atoms with van der Waals surface area (Å²) in [6.45, 7) is 2.01. The van der Waals surface area contributed by atoms with E-state index in [1.54, 1.807) is 11.8 Å². The van der Waals surface area contributed by atoms with Gasteiger partial charge in [-0.05, 0) is 49.1 Å². The van der Waals surface area contributed by atoms with Gasteiger partial charge in [0.05, 0.1) is 11.4 Å². The van der Waals surface area contributed by atoms with E-state index < -0.39 is 0 Å². The summed E-state index contributed by atoms with van der Waals surface area (Å²) in [5.41, 5.74) is 9.94. The molecule has 0 saturated carbocycles. The molecule has 2 rings (SSSR count). The molecule has 2 aromatic carbocycles. The highest BCUT2D eigenvalue weighted by Crippen LogP contribution is 2.26. The van der Waals surface area contributed by atoms with Gasteiger partial charge in [0.1, 0.15) is 0 Å². The van der Waals surface area contributed by atoms with Gasteiger partial charge in [-0.15, -0.1) is 11.8 Å². The van der Waals surface area contributed by atoms with Crippen LogP contribution in [0.2, 0.25) is 0 Å². The number of nitrogens with two attached hydrogens (primary N) is 1. The molecule has 0 aliphatic carbocycles. The van der Waals surface area contributed by atoms with E-state index in [1.807, 2.05) is 25.1 Å². The molecule has 0 aromatic heterocycles. The summed E-state index contributed by atoms with van der Waals surface area (Å²) >= 11 is 1.74. The van der Waals surface area contributed by atoms with Gasteiger partial charge < -0.3 is 11.1 Å². The van der Waals surface area contributed by atoms with Crippen LogP contribution in [-0.2, 0) is 0 Å². The molecule has 3 heteroatoms. The fraction of sp³-hybridized carbons (Fsp3) is 0.143. The van der Waals surface area contributed by atoms with Crippen molar-refractivity contribution in [3.63, 3.8) is 0 Å². The first-order chi connectivity index (χ1) is 8.20. The third kappa shape index (κ3) is 2.74. The van der Waals surface area contributed by atoms with Gasteiger partial charge in [0.2, 0.25) is 0 Å². The molecular weight excluding hydrogens is 228 g/mol. The molecule has 0 atom stereocenters. The second-order valence-electron chi connectivity index (χ2n) is 3.89. The average Bonchev–Trinajstić information content (AvgIpc) is 2.36. The molecule has 0 radical (unpaired) electrons. The summed E-state index contributed by atoms with van der Waals surface area (Å²) in [5, 5.41) is 3.33. The van der Waals surface area contributed by atoms with E-state index in [-0.39, 0.29) is 0 Å². The minimum Gasteiger partial charge on any atom is -0.397 e. The second kappa shape index (κ2) is 5.15. The largest absolute Gasteiger partial charge is 0.397 e. The van der Waals surface area contributed by atoms with E-state index in [1.165, 1.54) is 4.90 Å². The summed E-state index contributed by atoms with van der Waals surface area (Å²) < 4.78 is 0. The molecule has 0 bridgehead atoms. The zero-order chi connectivity index (χ0) is 12.3. The summed E-state index contributed by atoms with van der Waals surface area (Å²) in [5.74, 6) is 0. The van der Waals surface area contributed by atoms with Crippen LogP contribution >= 0.6 is 11.8 Å². The lowest BCUT2D eigenvalue weighted by Gasteiger charge is -2.11. The maximum Gasteiger partial charge on any atom is 0.0620 e. The molecule has 0 unspecified atom stereocenters. The van der Waals surface area contributed by atoms with E-state index in [9.17, 15) is 0 Å². The van der Waals surface area contributed by atoms with Crippen LogP contribution in [0, 0.1) is 6.92 Å². The number of rotatable bonds is 3. The monoisotopic (exact) mass is 244 g/mol. The fourth-order valence-electron chi connectivity index (χ4n) is 1.62. The van der Waals surface area contributed by atoms with Gasteiger partial charge in [0.25, 0.3) is 0 Å². The lowest BCUT2D eigenvalue weighted by atomic mass is 10.1. The minimum atomic E-state index is 0.807. The maximum absolute atomic E-state index is 6.02. The van der Waals surface area contributed by atoms with Gasteiger partial charge in [-0.2, -0.15) is 0 Å². The van der Waals surface area contributed by atoms with E-state index in [4.69, 9.17) is 5.73 Å². The van der Waals surface area contributed by atoms with Crippen LogP contribution in [0.3, 0.4) is 0 Å². The molecule has 0 spiro atoms. The standard InChI is InChI=1S/C14H16N2S/c1-10-4-3-5-13(14(10)15)16-11-6-8-12(17-2)9-7-11/h3-9,16H,15H2,1-2H3. The number of anilines is 3. The Morgan fingerprint density at radius 2 is 1.76 bits per heavy atom. The minimum absolute atomic E-state index is 0.807. The van der Waals surface area contributed by atoms with Crippen LogP contribution in [0.5, 0.6) is 0 Å². The molecule has 0 fully saturated rings. The van der Waals surface area contributed by atoms with Crippen molar-refractivity contribution in [2.45, 2.75) is 11.8 Å². The van der Waals surface area contributed by atoms with Crippen molar-refractivity contribution in [3.8, 4) is 0 Å². The van der Waals surface area contributed by atoms with Gasteiger partial charge in [-0.25, -0.2) is 0 Å². The molecule has 0 saturated heterocycles. The van der Waals surface area contributed by atoms with Crippen LogP contribution in [0.1, 0.15) is 5.56 Å². The van der Waals surface area contributed by atoms with Crippen molar-refractivity contribution < 1.29 is 0 Å². The molecule has 2 nitrogen and oxygen atoms in total. The Balaban J connectivity index is 2.22. The first-order valence-corrected chi connectivity index (χ1v) is 6.69. The smallest absolute Gasteiger partial charge is 0.0620 e. The number of thioether (sulfide) groups is 1. The van der Waals surface area contributed by atoms with Crippen LogP contribution < -0.4 is 11.1 Å². The van der Waals surface area contributed by atoms with Gasteiger partial charge in [-0.1, -0.05) is 12.1 Å². The quantitative estimate of drug-likeness (QED) is 0.632. The van der Waals surface area contributed by atoms with Crippen LogP contribution in [0.4, 0.5) is 17.1 Å². The third-order valence-corrected chi connectivity index (χ3v) is 3.44. The topological polar surface area (TPSA) is 38.0 Å². The summed E-state index contributed by atoms with van der Waals surface area (Å²) in [7, 11) is 0. The van der Waals surface area contributed by atoms with Crippen LogP contribution in [0.15, 0.2) is 47.4 Å². The summed E-state index contributed by atoms with van der Waals surface area (Å²) in [4.78, 5) is 1.26. The Morgan fingerprint density at radius 3 is 2.41 bits per heavy atom. The van der Waals surface area contributed by atoms with Crippen LogP contribution in [-0.4, -0.2) is 6.26 Å². The van der Waals surface area contributed by atoms with E-state index in [0.717, 1.165) is 22.6 Å². The average molecular weight is 244 g/mol. The first kappa shape index (κ1) is 11.9. The molecule has 2 aromatic rings. The van der Waals surface area contributed by atoms with E-state index in [0.29, 0.717) is 0 Å². The Kier molecular flexibility index (Phi) is 3.59. The number of hydrogen-bond donors (Lipinski definition) is 2. The molecule has 0 aliphatic heterocycles. The van der Waals surface area contributed by atoms with Crippen molar-refractivity contribution in [1.82, 2.24) is 0 Å². The first-order valence-electron chi connectivity index (χ1n) is 5.47. The Bertz CT molecular complexity index is 506. The highest BCUT2D eigenvalue weighted by Gasteiger charge is 2.01. The third-order valence-electron chi connectivity index (χ3n) is 2.69. The van der Waals surface area contributed by atoms with E-state index >= 15 is 0 Å². The van der Waals surface area contributed by atoms with Gasteiger partial charge >= 0.3 is 0 Å². The molecule has 0 amide bonds. The zero-order valence-electron chi connectivity index (χ0n) is 10.0.